The van der Waals surface area contributed by atoms with E-state index in [2.05, 4.69) is 0 Å². The maximum absolute atomic E-state index is 14.4. The maximum atomic E-state index is 14.4. The molecule has 0 spiro atoms. The molecule has 0 rings (SSSR count). The molecule has 0 saturated carbocycles. The van der Waals surface area contributed by atoms with Gasteiger partial charge >= 0.3 is 47.5 Å². The Morgan fingerprint density at radius 1 is 0.417 bits per heavy atom. The molecule has 0 aromatic heterocycles. The van der Waals surface area contributed by atoms with E-state index < -0.39 is 74.5 Å². The van der Waals surface area contributed by atoms with E-state index in [1.54, 1.807) is 55.4 Å². The topological polar surface area (TPSA) is 187 Å². The number of rotatable bonds is 33. The molecule has 0 aliphatic heterocycles. The lowest BCUT2D eigenvalue weighted by atomic mass is 9.61. The third kappa shape index (κ3) is 17.4. The molecule has 0 aromatic rings. The van der Waals surface area contributed by atoms with Gasteiger partial charge in [-0.15, -0.1) is 0 Å². The third-order valence-corrected chi connectivity index (χ3v) is 17.1. The smallest absolute Gasteiger partial charge is 0.469 e. The number of hydrogen-bond acceptors (Lipinski definition) is 16. The summed E-state index contributed by atoms with van der Waals surface area (Å²) in [7, 11) is -0.171. The van der Waals surface area contributed by atoms with Crippen molar-refractivity contribution in [3.05, 3.63) is 0 Å². The van der Waals surface area contributed by atoms with Gasteiger partial charge in [0, 0.05) is 53.2 Å². The zero-order chi connectivity index (χ0) is 46.5. The van der Waals surface area contributed by atoms with Crippen LogP contribution in [0.1, 0.15) is 128 Å². The molecule has 3 unspecified atom stereocenters. The molecule has 3 atom stereocenters. The van der Waals surface area contributed by atoms with Gasteiger partial charge < -0.3 is 50.2 Å². The van der Waals surface area contributed by atoms with Crippen molar-refractivity contribution in [2.75, 3.05) is 74.7 Å². The molecular formula is C42H80O16Si2. The van der Waals surface area contributed by atoms with Crippen LogP contribution in [0, 0.1) is 27.1 Å². The van der Waals surface area contributed by atoms with Gasteiger partial charge in [0.15, 0.2) is 0 Å². The second-order valence-corrected chi connectivity index (χ2v) is 23.0. The summed E-state index contributed by atoms with van der Waals surface area (Å²) in [4.78, 5) is 68.2. The van der Waals surface area contributed by atoms with Crippen LogP contribution in [-0.4, -0.2) is 122 Å². The van der Waals surface area contributed by atoms with Crippen molar-refractivity contribution in [1.82, 2.24) is 0 Å². The van der Waals surface area contributed by atoms with Crippen molar-refractivity contribution >= 4 is 47.5 Å². The Labute approximate surface area is 362 Å². The zero-order valence-electron chi connectivity index (χ0n) is 39.8. The molecule has 0 aliphatic rings. The minimum Gasteiger partial charge on any atom is -0.469 e. The molecular weight excluding hydrogens is 817 g/mol. The number of esters is 5. The SMILES string of the molecule is CCO[Si](CCCOC(=O)C(C)(CC(C)(C)C(=O)OCCC[Si](OC)(OC)OC)CC(C)(CC(C)(CC)C(=O)OCCOC(=O)C(C)(C)CC)C(=O)OC)(OCC)OCC. The average molecular weight is 897 g/mol. The van der Waals surface area contributed by atoms with E-state index in [1.165, 1.54) is 28.4 Å². The maximum Gasteiger partial charge on any atom is 0.501 e. The number of hydrogen-bond donors (Lipinski definition) is 0. The first-order valence-electron chi connectivity index (χ1n) is 21.2. The van der Waals surface area contributed by atoms with Crippen molar-refractivity contribution in [2.24, 2.45) is 27.1 Å². The molecule has 0 saturated heterocycles. The lowest BCUT2D eigenvalue weighted by molar-refractivity contribution is -0.172. The van der Waals surface area contributed by atoms with E-state index in [0.717, 1.165) is 0 Å². The van der Waals surface area contributed by atoms with Gasteiger partial charge in [0.05, 0.1) is 47.4 Å². The van der Waals surface area contributed by atoms with Gasteiger partial charge in [0.25, 0.3) is 0 Å². The van der Waals surface area contributed by atoms with Crippen LogP contribution in [0.15, 0.2) is 0 Å². The Bertz CT molecular complexity index is 1310. The van der Waals surface area contributed by atoms with Crippen molar-refractivity contribution in [3.63, 3.8) is 0 Å². The molecule has 60 heavy (non-hydrogen) atoms. The third-order valence-electron chi connectivity index (χ3n) is 11.1. The average Bonchev–Trinajstić information content (AvgIpc) is 3.20. The Hall–Kier alpha value is -2.46. The summed E-state index contributed by atoms with van der Waals surface area (Å²) >= 11 is 0. The summed E-state index contributed by atoms with van der Waals surface area (Å²) in [6, 6.07) is 0.808. The fraction of sp³-hybridized carbons (Fsp3) is 0.881. The standard InChI is InChI=1S/C42H80O16Si2/c1-17-38(6,7)33(43)54-26-27-55-36(46)40(10,18-2)31-42(12,35(45)48-13)32-41(11,37(47)53-25-23-29-60(56-19-3,57-20-4)58-21-5)30-39(8,9)34(44)52-24-22-28-59(49-14,50-15)51-16/h17-32H2,1-16H3. The molecule has 0 aromatic carbocycles. The lowest BCUT2D eigenvalue weighted by Gasteiger charge is -2.42. The predicted octanol–water partition coefficient (Wildman–Crippen LogP) is 7.10. The van der Waals surface area contributed by atoms with Crippen molar-refractivity contribution in [3.8, 4) is 0 Å². The highest BCUT2D eigenvalue weighted by molar-refractivity contribution is 6.61. The predicted molar refractivity (Wildman–Crippen MR) is 228 cm³/mol. The van der Waals surface area contributed by atoms with E-state index in [1.807, 2.05) is 27.7 Å². The van der Waals surface area contributed by atoms with Crippen LogP contribution < -0.4 is 0 Å². The Balaban J connectivity index is 6.64. The number of ether oxygens (including phenoxy) is 5. The van der Waals surface area contributed by atoms with Crippen molar-refractivity contribution in [2.45, 2.75) is 140 Å². The van der Waals surface area contributed by atoms with Crippen LogP contribution in [0.25, 0.3) is 0 Å². The van der Waals surface area contributed by atoms with Crippen molar-refractivity contribution < 1.29 is 74.2 Å². The summed E-state index contributed by atoms with van der Waals surface area (Å²) in [5, 5.41) is 0. The first-order valence-corrected chi connectivity index (χ1v) is 25.1. The summed E-state index contributed by atoms with van der Waals surface area (Å²) in [6.45, 7) is 22.0. The highest BCUT2D eigenvalue weighted by atomic mass is 28.4. The Kier molecular flexibility index (Phi) is 25.2. The molecule has 0 radical (unpaired) electrons. The van der Waals surface area contributed by atoms with Crippen LogP contribution >= 0.6 is 0 Å². The molecule has 0 heterocycles. The summed E-state index contributed by atoms with van der Waals surface area (Å²) in [5.74, 6) is -2.88. The van der Waals surface area contributed by atoms with Gasteiger partial charge in [0.2, 0.25) is 0 Å². The molecule has 0 fully saturated rings. The van der Waals surface area contributed by atoms with Crippen LogP contribution in [0.3, 0.4) is 0 Å². The Morgan fingerprint density at radius 2 is 0.783 bits per heavy atom. The Morgan fingerprint density at radius 3 is 1.20 bits per heavy atom. The van der Waals surface area contributed by atoms with Gasteiger partial charge in [0.1, 0.15) is 13.2 Å². The summed E-state index contributed by atoms with van der Waals surface area (Å²) in [6.07, 6.45) is 1.30. The number of methoxy groups -OCH3 is 1. The van der Waals surface area contributed by atoms with E-state index in [9.17, 15) is 24.0 Å². The fourth-order valence-electron chi connectivity index (χ4n) is 7.39. The van der Waals surface area contributed by atoms with E-state index in [0.29, 0.717) is 51.2 Å². The number of carbonyl (C=O) groups excluding carboxylic acids is 5. The molecule has 352 valence electrons. The first kappa shape index (κ1) is 57.5. The molecule has 0 bridgehead atoms. The summed E-state index contributed by atoms with van der Waals surface area (Å²) in [5.41, 5.74) is -6.10. The largest absolute Gasteiger partial charge is 0.501 e. The lowest BCUT2D eigenvalue weighted by Crippen LogP contribution is -2.47. The highest BCUT2D eigenvalue weighted by Crippen LogP contribution is 2.49. The minimum atomic E-state index is -3.03. The second-order valence-electron chi connectivity index (χ2n) is 17.2. The van der Waals surface area contributed by atoms with Gasteiger partial charge in [-0.2, -0.15) is 0 Å². The van der Waals surface area contributed by atoms with Crippen LogP contribution in [0.2, 0.25) is 12.1 Å². The highest BCUT2D eigenvalue weighted by Gasteiger charge is 2.53. The van der Waals surface area contributed by atoms with E-state index >= 15 is 0 Å². The quantitative estimate of drug-likeness (QED) is 0.0281. The molecule has 0 N–H and O–H groups in total. The van der Waals surface area contributed by atoms with Crippen LogP contribution in [-0.2, 0) is 74.2 Å². The molecule has 0 aliphatic carbocycles. The normalized spacial score (nSPS) is 15.5. The number of carbonyl (C=O) groups is 5. The second kappa shape index (κ2) is 26.2. The van der Waals surface area contributed by atoms with Gasteiger partial charge in [-0.3, -0.25) is 24.0 Å². The first-order chi connectivity index (χ1) is 27.9. The molecule has 16 nitrogen and oxygen atoms in total. The minimum absolute atomic E-state index is 0.0145. The van der Waals surface area contributed by atoms with E-state index in [-0.39, 0.29) is 52.1 Å². The monoisotopic (exact) mass is 896 g/mol. The summed E-state index contributed by atoms with van der Waals surface area (Å²) < 4.78 is 62.3. The zero-order valence-corrected chi connectivity index (χ0v) is 41.8. The fourth-order valence-corrected chi connectivity index (χ4v) is 11.7. The van der Waals surface area contributed by atoms with Gasteiger partial charge in [-0.05, 0) is 114 Å². The van der Waals surface area contributed by atoms with Gasteiger partial charge in [-0.1, -0.05) is 13.8 Å². The molecule has 18 heteroatoms. The van der Waals surface area contributed by atoms with Crippen molar-refractivity contribution in [1.29, 1.82) is 0 Å². The van der Waals surface area contributed by atoms with Crippen LogP contribution in [0.5, 0.6) is 0 Å². The molecule has 0 amide bonds. The van der Waals surface area contributed by atoms with Gasteiger partial charge in [-0.25, -0.2) is 0 Å². The van der Waals surface area contributed by atoms with Crippen LogP contribution in [0.4, 0.5) is 0 Å². The van der Waals surface area contributed by atoms with E-state index in [4.69, 9.17) is 50.2 Å².